The SMILES string of the molecule is Cc1nnc(C2(O)CCNCC2C)n1-c1ccccc1. The normalized spacial score (nSPS) is 26.6. The van der Waals surface area contributed by atoms with E-state index in [1.807, 2.05) is 48.7 Å². The molecule has 2 aromatic rings. The van der Waals surface area contributed by atoms with Gasteiger partial charge in [-0.05, 0) is 32.0 Å². The number of para-hydroxylation sites is 1. The highest BCUT2D eigenvalue weighted by Gasteiger charge is 2.42. The van der Waals surface area contributed by atoms with E-state index in [-0.39, 0.29) is 5.92 Å². The van der Waals surface area contributed by atoms with Gasteiger partial charge in [0.1, 0.15) is 11.4 Å². The van der Waals surface area contributed by atoms with Gasteiger partial charge in [0.15, 0.2) is 5.82 Å². The van der Waals surface area contributed by atoms with Crippen LogP contribution < -0.4 is 5.32 Å². The second-order valence-electron chi connectivity index (χ2n) is 5.52. The summed E-state index contributed by atoms with van der Waals surface area (Å²) in [5.41, 5.74) is 0.0617. The lowest BCUT2D eigenvalue weighted by Crippen LogP contribution is -2.48. The molecule has 1 fully saturated rings. The number of piperidine rings is 1. The number of aromatic nitrogens is 3. The molecule has 2 N–H and O–H groups in total. The summed E-state index contributed by atoms with van der Waals surface area (Å²) in [5, 5.41) is 22.9. The molecule has 106 valence electrons. The summed E-state index contributed by atoms with van der Waals surface area (Å²) >= 11 is 0. The van der Waals surface area contributed by atoms with E-state index in [0.29, 0.717) is 12.2 Å². The molecule has 2 heterocycles. The molecule has 0 aliphatic carbocycles. The molecule has 0 saturated carbocycles. The quantitative estimate of drug-likeness (QED) is 0.867. The van der Waals surface area contributed by atoms with Crippen LogP contribution in [0.5, 0.6) is 0 Å². The predicted octanol–water partition coefficient (Wildman–Crippen LogP) is 1.39. The Kier molecular flexibility index (Phi) is 3.31. The Morgan fingerprint density at radius 3 is 2.75 bits per heavy atom. The first kappa shape index (κ1) is 13.3. The first-order valence-corrected chi connectivity index (χ1v) is 7.04. The maximum absolute atomic E-state index is 11.1. The fraction of sp³-hybridized carbons (Fsp3) is 0.467. The van der Waals surface area contributed by atoms with Crippen LogP contribution in [0, 0.1) is 12.8 Å². The standard InChI is InChI=1S/C15H20N4O/c1-11-10-16-9-8-15(11,20)14-18-17-12(2)19(14)13-6-4-3-5-7-13/h3-7,11,16,20H,8-10H2,1-2H3. The topological polar surface area (TPSA) is 63.0 Å². The van der Waals surface area contributed by atoms with Crippen LogP contribution in [0.15, 0.2) is 30.3 Å². The fourth-order valence-electron chi connectivity index (χ4n) is 2.87. The van der Waals surface area contributed by atoms with E-state index in [4.69, 9.17) is 0 Å². The molecule has 1 aliphatic rings. The van der Waals surface area contributed by atoms with Gasteiger partial charge in [0, 0.05) is 18.2 Å². The zero-order valence-corrected chi connectivity index (χ0v) is 11.9. The number of rotatable bonds is 2. The second kappa shape index (κ2) is 5.00. The van der Waals surface area contributed by atoms with Crippen molar-refractivity contribution >= 4 is 0 Å². The molecule has 1 aliphatic heterocycles. The van der Waals surface area contributed by atoms with Crippen LogP contribution in [0.4, 0.5) is 0 Å². The molecular weight excluding hydrogens is 252 g/mol. The minimum Gasteiger partial charge on any atom is -0.381 e. The monoisotopic (exact) mass is 272 g/mol. The summed E-state index contributed by atoms with van der Waals surface area (Å²) in [6.45, 7) is 5.54. The third kappa shape index (κ3) is 2.03. The molecule has 2 unspecified atom stereocenters. The van der Waals surface area contributed by atoms with Gasteiger partial charge in [-0.2, -0.15) is 0 Å². The van der Waals surface area contributed by atoms with Gasteiger partial charge in [-0.3, -0.25) is 4.57 Å². The van der Waals surface area contributed by atoms with Crippen molar-refractivity contribution in [2.24, 2.45) is 5.92 Å². The van der Waals surface area contributed by atoms with Gasteiger partial charge in [-0.15, -0.1) is 10.2 Å². The first-order chi connectivity index (χ1) is 9.63. The summed E-state index contributed by atoms with van der Waals surface area (Å²) < 4.78 is 1.96. The molecule has 0 amide bonds. The molecule has 0 radical (unpaired) electrons. The summed E-state index contributed by atoms with van der Waals surface area (Å²) in [7, 11) is 0. The average Bonchev–Trinajstić information content (AvgIpc) is 2.86. The van der Waals surface area contributed by atoms with Crippen molar-refractivity contribution in [3.63, 3.8) is 0 Å². The molecule has 3 rings (SSSR count). The van der Waals surface area contributed by atoms with Gasteiger partial charge in [0.05, 0.1) is 0 Å². The van der Waals surface area contributed by atoms with E-state index in [9.17, 15) is 5.11 Å². The molecule has 20 heavy (non-hydrogen) atoms. The Hall–Kier alpha value is -1.72. The van der Waals surface area contributed by atoms with Crippen molar-refractivity contribution < 1.29 is 5.11 Å². The lowest BCUT2D eigenvalue weighted by Gasteiger charge is -2.37. The van der Waals surface area contributed by atoms with Crippen LogP contribution >= 0.6 is 0 Å². The van der Waals surface area contributed by atoms with Crippen molar-refractivity contribution in [2.45, 2.75) is 25.9 Å². The lowest BCUT2D eigenvalue weighted by molar-refractivity contribution is -0.0483. The van der Waals surface area contributed by atoms with E-state index in [1.165, 1.54) is 0 Å². The molecule has 0 spiro atoms. The van der Waals surface area contributed by atoms with E-state index >= 15 is 0 Å². The van der Waals surface area contributed by atoms with Gasteiger partial charge in [-0.1, -0.05) is 25.1 Å². The Bertz CT molecular complexity index is 595. The highest BCUT2D eigenvalue weighted by Crippen LogP contribution is 2.35. The molecule has 5 nitrogen and oxygen atoms in total. The zero-order valence-electron chi connectivity index (χ0n) is 11.9. The average molecular weight is 272 g/mol. The Labute approximate surface area is 118 Å². The molecule has 5 heteroatoms. The number of aryl methyl sites for hydroxylation is 1. The van der Waals surface area contributed by atoms with Gasteiger partial charge >= 0.3 is 0 Å². The summed E-state index contributed by atoms with van der Waals surface area (Å²) in [5.74, 6) is 1.54. The van der Waals surface area contributed by atoms with Gasteiger partial charge in [0.2, 0.25) is 0 Å². The summed E-state index contributed by atoms with van der Waals surface area (Å²) in [4.78, 5) is 0. The molecule has 1 saturated heterocycles. The van der Waals surface area contributed by atoms with Gasteiger partial charge in [0.25, 0.3) is 0 Å². The Morgan fingerprint density at radius 2 is 2.05 bits per heavy atom. The number of benzene rings is 1. The molecule has 2 atom stereocenters. The van der Waals surface area contributed by atoms with Crippen LogP contribution in [0.3, 0.4) is 0 Å². The van der Waals surface area contributed by atoms with E-state index in [0.717, 1.165) is 24.6 Å². The maximum atomic E-state index is 11.1. The molecule has 0 bridgehead atoms. The van der Waals surface area contributed by atoms with E-state index < -0.39 is 5.60 Å². The third-order valence-electron chi connectivity index (χ3n) is 4.18. The third-order valence-corrected chi connectivity index (χ3v) is 4.18. The number of nitrogens with zero attached hydrogens (tertiary/aromatic N) is 3. The number of aliphatic hydroxyl groups is 1. The Balaban J connectivity index is 2.11. The lowest BCUT2D eigenvalue weighted by atomic mass is 9.82. The van der Waals surface area contributed by atoms with E-state index in [2.05, 4.69) is 15.5 Å². The van der Waals surface area contributed by atoms with Crippen LogP contribution in [0.2, 0.25) is 0 Å². The van der Waals surface area contributed by atoms with Crippen LogP contribution in [-0.4, -0.2) is 33.0 Å². The molecule has 1 aromatic heterocycles. The predicted molar refractivity (Wildman–Crippen MR) is 76.6 cm³/mol. The van der Waals surface area contributed by atoms with Crippen LogP contribution in [0.25, 0.3) is 5.69 Å². The number of nitrogens with one attached hydrogen (secondary N) is 1. The second-order valence-corrected chi connectivity index (χ2v) is 5.52. The maximum Gasteiger partial charge on any atom is 0.170 e. The zero-order chi connectivity index (χ0) is 14.2. The van der Waals surface area contributed by atoms with Crippen molar-refractivity contribution in [1.29, 1.82) is 0 Å². The summed E-state index contributed by atoms with van der Waals surface area (Å²) in [6, 6.07) is 9.96. The van der Waals surface area contributed by atoms with E-state index in [1.54, 1.807) is 0 Å². The van der Waals surface area contributed by atoms with Crippen molar-refractivity contribution in [2.75, 3.05) is 13.1 Å². The summed E-state index contributed by atoms with van der Waals surface area (Å²) in [6.07, 6.45) is 0.652. The molecular formula is C15H20N4O. The van der Waals surface area contributed by atoms with Crippen LogP contribution in [0.1, 0.15) is 25.0 Å². The van der Waals surface area contributed by atoms with Crippen LogP contribution in [-0.2, 0) is 5.60 Å². The largest absolute Gasteiger partial charge is 0.381 e. The minimum absolute atomic E-state index is 0.0994. The minimum atomic E-state index is -0.928. The fourth-order valence-corrected chi connectivity index (χ4v) is 2.87. The first-order valence-electron chi connectivity index (χ1n) is 7.04. The van der Waals surface area contributed by atoms with Crippen molar-refractivity contribution in [3.8, 4) is 5.69 Å². The number of hydrogen-bond acceptors (Lipinski definition) is 4. The van der Waals surface area contributed by atoms with Crippen molar-refractivity contribution in [3.05, 3.63) is 42.0 Å². The smallest absolute Gasteiger partial charge is 0.170 e. The highest BCUT2D eigenvalue weighted by molar-refractivity contribution is 5.35. The van der Waals surface area contributed by atoms with Gasteiger partial charge in [-0.25, -0.2) is 0 Å². The van der Waals surface area contributed by atoms with Crippen molar-refractivity contribution in [1.82, 2.24) is 20.1 Å². The number of hydrogen-bond donors (Lipinski definition) is 2. The Morgan fingerprint density at radius 1 is 1.30 bits per heavy atom. The highest BCUT2D eigenvalue weighted by atomic mass is 16.3. The molecule has 1 aromatic carbocycles. The van der Waals surface area contributed by atoms with Gasteiger partial charge < -0.3 is 10.4 Å².